The average molecular weight is 495 g/mol. The Balaban J connectivity index is 1.64. The van der Waals surface area contributed by atoms with Crippen LogP contribution in [-0.4, -0.2) is 27.1 Å². The third-order valence-corrected chi connectivity index (χ3v) is 6.86. The molecule has 0 spiro atoms. The summed E-state index contributed by atoms with van der Waals surface area (Å²) in [4.78, 5) is 12.8. The fraction of sp³-hybridized carbons (Fsp3) is 0.321. The summed E-state index contributed by atoms with van der Waals surface area (Å²) in [5, 5.41) is 2.91. The summed E-state index contributed by atoms with van der Waals surface area (Å²) in [6.45, 7) is 8.42. The Morgan fingerprint density at radius 1 is 0.943 bits per heavy atom. The molecule has 0 radical (unpaired) electrons. The number of rotatable bonds is 9. The van der Waals surface area contributed by atoms with E-state index in [-0.39, 0.29) is 23.9 Å². The van der Waals surface area contributed by atoms with E-state index in [0.29, 0.717) is 18.0 Å². The molecule has 3 aromatic carbocycles. The molecule has 0 saturated heterocycles. The molecule has 0 heterocycles. The van der Waals surface area contributed by atoms with E-state index in [0.717, 1.165) is 21.7 Å². The zero-order valence-electron chi connectivity index (χ0n) is 21.0. The van der Waals surface area contributed by atoms with Crippen LogP contribution in [0.4, 0.5) is 5.69 Å². The van der Waals surface area contributed by atoms with Crippen molar-refractivity contribution in [3.05, 3.63) is 95.6 Å². The molecule has 1 amide bonds. The highest BCUT2D eigenvalue weighted by atomic mass is 32.2. The maximum absolute atomic E-state index is 12.8. The van der Waals surface area contributed by atoms with Crippen molar-refractivity contribution in [3.63, 3.8) is 0 Å². The van der Waals surface area contributed by atoms with Crippen molar-refractivity contribution >= 4 is 21.6 Å². The van der Waals surface area contributed by atoms with Gasteiger partial charge in [-0.1, -0.05) is 75.4 Å². The normalized spacial score (nSPS) is 12.6. The molecule has 7 heteroatoms. The molecule has 1 atom stereocenters. The third kappa shape index (κ3) is 7.59. The smallest absolute Gasteiger partial charge is 0.241 e. The van der Waals surface area contributed by atoms with E-state index in [1.54, 1.807) is 24.3 Å². The van der Waals surface area contributed by atoms with Crippen LogP contribution in [0.5, 0.6) is 5.75 Å². The molecule has 3 rings (SSSR count). The summed E-state index contributed by atoms with van der Waals surface area (Å²) in [5.74, 6) is 0.232. The molecular weight excluding hydrogens is 460 g/mol. The quantitative estimate of drug-likeness (QED) is 0.443. The maximum atomic E-state index is 12.8. The van der Waals surface area contributed by atoms with E-state index >= 15 is 0 Å². The fourth-order valence-electron chi connectivity index (χ4n) is 3.62. The van der Waals surface area contributed by atoms with Gasteiger partial charge in [-0.2, -0.15) is 0 Å². The number of anilines is 1. The number of sulfonamides is 1. The fourth-order valence-corrected chi connectivity index (χ4v) is 4.48. The van der Waals surface area contributed by atoms with Crippen LogP contribution < -0.4 is 14.4 Å². The first-order chi connectivity index (χ1) is 16.4. The van der Waals surface area contributed by atoms with Gasteiger partial charge in [-0.15, -0.1) is 0 Å². The van der Waals surface area contributed by atoms with E-state index in [1.165, 1.54) is 5.56 Å². The third-order valence-electron chi connectivity index (χ3n) is 5.71. The van der Waals surface area contributed by atoms with E-state index < -0.39 is 10.0 Å². The molecule has 0 bridgehead atoms. The second-order valence-corrected chi connectivity index (χ2v) is 11.6. The molecule has 0 aromatic heterocycles. The van der Waals surface area contributed by atoms with Gasteiger partial charge in [0.2, 0.25) is 15.9 Å². The minimum Gasteiger partial charge on any atom is -0.489 e. The van der Waals surface area contributed by atoms with Gasteiger partial charge in [-0.25, -0.2) is 8.42 Å². The first-order valence-corrected chi connectivity index (χ1v) is 13.4. The minimum atomic E-state index is -3.67. The van der Waals surface area contributed by atoms with Crippen LogP contribution in [0.2, 0.25) is 0 Å². The number of benzene rings is 3. The first kappa shape index (κ1) is 26.3. The average Bonchev–Trinajstić information content (AvgIpc) is 2.81. The van der Waals surface area contributed by atoms with Gasteiger partial charge in [0.1, 0.15) is 18.9 Å². The Morgan fingerprint density at radius 3 is 2.09 bits per heavy atom. The zero-order chi connectivity index (χ0) is 25.6. The monoisotopic (exact) mass is 494 g/mol. The van der Waals surface area contributed by atoms with Crippen LogP contribution in [0.15, 0.2) is 78.9 Å². The van der Waals surface area contributed by atoms with Crippen molar-refractivity contribution in [2.45, 2.75) is 45.8 Å². The largest absolute Gasteiger partial charge is 0.489 e. The van der Waals surface area contributed by atoms with Gasteiger partial charge in [-0.3, -0.25) is 9.10 Å². The lowest BCUT2D eigenvalue weighted by Gasteiger charge is -2.24. The molecule has 3 aromatic rings. The van der Waals surface area contributed by atoms with Gasteiger partial charge in [0.15, 0.2) is 0 Å². The molecule has 0 aliphatic heterocycles. The lowest BCUT2D eigenvalue weighted by Crippen LogP contribution is -2.41. The second kappa shape index (κ2) is 11.0. The topological polar surface area (TPSA) is 75.7 Å². The molecular formula is C28H34N2O4S. The zero-order valence-corrected chi connectivity index (χ0v) is 21.8. The van der Waals surface area contributed by atoms with E-state index in [2.05, 4.69) is 38.2 Å². The van der Waals surface area contributed by atoms with Crippen molar-refractivity contribution in [2.24, 2.45) is 0 Å². The van der Waals surface area contributed by atoms with Crippen molar-refractivity contribution in [2.75, 3.05) is 17.1 Å². The predicted molar refractivity (Wildman–Crippen MR) is 141 cm³/mol. The molecule has 0 fully saturated rings. The first-order valence-electron chi connectivity index (χ1n) is 11.6. The number of nitrogens with zero attached hydrogens (tertiary/aromatic N) is 1. The maximum Gasteiger partial charge on any atom is 0.241 e. The Bertz CT molecular complexity index is 1220. The number of carbonyl (C=O) groups is 1. The molecule has 0 unspecified atom stereocenters. The standard InChI is InChI=1S/C28H34N2O4S/c1-21(23-11-13-24(14-12-23)28(2,3)4)29-27(31)19-30(35(5,32)33)25-15-17-26(18-16-25)34-20-22-9-7-6-8-10-22/h6-18,21H,19-20H2,1-5H3,(H,29,31)/t21-/m1/s1. The number of ether oxygens (including phenoxy) is 1. The molecule has 186 valence electrons. The summed E-state index contributed by atoms with van der Waals surface area (Å²) in [6, 6.07) is 24.3. The summed E-state index contributed by atoms with van der Waals surface area (Å²) in [5.41, 5.74) is 3.64. The highest BCUT2D eigenvalue weighted by Crippen LogP contribution is 2.25. The van der Waals surface area contributed by atoms with Gasteiger partial charge in [0.05, 0.1) is 18.0 Å². The molecule has 0 aliphatic carbocycles. The Morgan fingerprint density at radius 2 is 1.54 bits per heavy atom. The van der Waals surface area contributed by atoms with E-state index in [4.69, 9.17) is 4.74 Å². The van der Waals surface area contributed by atoms with Gasteiger partial charge < -0.3 is 10.1 Å². The minimum absolute atomic E-state index is 0.0448. The number of carbonyl (C=O) groups excluding carboxylic acids is 1. The van der Waals surface area contributed by atoms with Crippen molar-refractivity contribution < 1.29 is 17.9 Å². The van der Waals surface area contributed by atoms with Gasteiger partial charge in [0.25, 0.3) is 0 Å². The molecule has 1 N–H and O–H groups in total. The Hall–Kier alpha value is -3.32. The van der Waals surface area contributed by atoms with Crippen LogP contribution >= 0.6 is 0 Å². The number of amides is 1. The lowest BCUT2D eigenvalue weighted by molar-refractivity contribution is -0.120. The Labute approximate surface area is 209 Å². The summed E-state index contributed by atoms with van der Waals surface area (Å²) >= 11 is 0. The van der Waals surface area contributed by atoms with Crippen LogP contribution in [0.3, 0.4) is 0 Å². The SMILES string of the molecule is C[C@@H](NC(=O)CN(c1ccc(OCc2ccccc2)cc1)S(C)(=O)=O)c1ccc(C(C)(C)C)cc1. The summed E-state index contributed by atoms with van der Waals surface area (Å²) < 4.78 is 31.8. The van der Waals surface area contributed by atoms with Crippen molar-refractivity contribution in [3.8, 4) is 5.75 Å². The van der Waals surface area contributed by atoms with Crippen LogP contribution in [0.25, 0.3) is 0 Å². The van der Waals surface area contributed by atoms with E-state index in [1.807, 2.05) is 49.4 Å². The van der Waals surface area contributed by atoms with Crippen LogP contribution in [0, 0.1) is 0 Å². The predicted octanol–water partition coefficient (Wildman–Crippen LogP) is 5.21. The molecule has 0 saturated carbocycles. The lowest BCUT2D eigenvalue weighted by atomic mass is 9.86. The van der Waals surface area contributed by atoms with Gasteiger partial charge >= 0.3 is 0 Å². The molecule has 35 heavy (non-hydrogen) atoms. The van der Waals surface area contributed by atoms with Crippen LogP contribution in [-0.2, 0) is 26.8 Å². The van der Waals surface area contributed by atoms with Gasteiger partial charge in [0, 0.05) is 0 Å². The van der Waals surface area contributed by atoms with E-state index in [9.17, 15) is 13.2 Å². The highest BCUT2D eigenvalue weighted by Gasteiger charge is 2.22. The molecule has 0 aliphatic rings. The van der Waals surface area contributed by atoms with Gasteiger partial charge in [-0.05, 0) is 53.3 Å². The molecule has 6 nitrogen and oxygen atoms in total. The second-order valence-electron chi connectivity index (χ2n) is 9.70. The number of hydrogen-bond donors (Lipinski definition) is 1. The highest BCUT2D eigenvalue weighted by molar-refractivity contribution is 7.92. The van der Waals surface area contributed by atoms with Crippen molar-refractivity contribution in [1.29, 1.82) is 0 Å². The Kier molecular flexibility index (Phi) is 8.22. The number of nitrogens with one attached hydrogen (secondary N) is 1. The summed E-state index contributed by atoms with van der Waals surface area (Å²) in [6.07, 6.45) is 1.09. The van der Waals surface area contributed by atoms with Crippen molar-refractivity contribution in [1.82, 2.24) is 5.32 Å². The number of hydrogen-bond acceptors (Lipinski definition) is 4. The van der Waals surface area contributed by atoms with Crippen LogP contribution in [0.1, 0.15) is 50.4 Å². The summed E-state index contributed by atoms with van der Waals surface area (Å²) in [7, 11) is -3.67.